The fourth-order valence-electron chi connectivity index (χ4n) is 2.11. The molecule has 6 heteroatoms. The summed E-state index contributed by atoms with van der Waals surface area (Å²) >= 11 is 1.51. The second-order valence-corrected chi connectivity index (χ2v) is 4.71. The molecule has 0 aromatic carbocycles. The maximum atomic E-state index is 11.8. The quantitative estimate of drug-likeness (QED) is 0.747. The number of Topliss-reactive ketones (excluding diaryl/α,β-unsaturated/α-hetero) is 1. The number of hydrogen-bond donors (Lipinski definition) is 1. The summed E-state index contributed by atoms with van der Waals surface area (Å²) in [6.45, 7) is 0.573. The van der Waals surface area contributed by atoms with E-state index in [1.165, 1.54) is 11.8 Å². The van der Waals surface area contributed by atoms with Crippen molar-refractivity contribution in [1.29, 1.82) is 0 Å². The lowest BCUT2D eigenvalue weighted by Gasteiger charge is -2.24. The van der Waals surface area contributed by atoms with Crippen LogP contribution in [0.5, 0.6) is 0 Å². The zero-order valence-electron chi connectivity index (χ0n) is 8.99. The van der Waals surface area contributed by atoms with Gasteiger partial charge in [0.05, 0.1) is 6.54 Å². The molecule has 0 radical (unpaired) electrons. The highest BCUT2D eigenvalue weighted by Crippen LogP contribution is 2.29. The number of carbonyl (C=O) groups excluding carboxylic acids is 1. The lowest BCUT2D eigenvalue weighted by Crippen LogP contribution is -2.26. The molecule has 0 bridgehead atoms. The SMILES string of the molecule is CSc1nc2n(n1)CC1=C(CCCC1=O)N2. The molecule has 0 amide bonds. The minimum atomic E-state index is 0.251. The van der Waals surface area contributed by atoms with E-state index in [9.17, 15) is 4.79 Å². The number of hydrogen-bond acceptors (Lipinski definition) is 5. The monoisotopic (exact) mass is 236 g/mol. The number of nitrogens with zero attached hydrogens (tertiary/aromatic N) is 3. The van der Waals surface area contributed by atoms with Gasteiger partial charge in [-0.1, -0.05) is 11.8 Å². The van der Waals surface area contributed by atoms with Gasteiger partial charge < -0.3 is 5.32 Å². The van der Waals surface area contributed by atoms with Crippen molar-refractivity contribution in [3.63, 3.8) is 0 Å². The van der Waals surface area contributed by atoms with Gasteiger partial charge >= 0.3 is 0 Å². The number of allylic oxidation sites excluding steroid dienone is 2. The summed E-state index contributed by atoms with van der Waals surface area (Å²) in [6.07, 6.45) is 4.50. The number of aromatic nitrogens is 3. The first kappa shape index (κ1) is 9.89. The van der Waals surface area contributed by atoms with Crippen molar-refractivity contribution in [2.75, 3.05) is 11.6 Å². The standard InChI is InChI=1S/C10H12N4OS/c1-16-10-12-9-11-7-3-2-4-8(15)6(7)5-14(9)13-10/h2-5H2,1H3,(H,11,12,13). The minimum Gasteiger partial charge on any atom is -0.328 e. The van der Waals surface area contributed by atoms with Crippen molar-refractivity contribution in [2.24, 2.45) is 0 Å². The van der Waals surface area contributed by atoms with Crippen LogP contribution in [-0.2, 0) is 11.3 Å². The lowest BCUT2D eigenvalue weighted by atomic mass is 9.94. The summed E-state index contributed by atoms with van der Waals surface area (Å²) in [5, 5.41) is 8.28. The van der Waals surface area contributed by atoms with Crippen LogP contribution >= 0.6 is 11.8 Å². The van der Waals surface area contributed by atoms with E-state index >= 15 is 0 Å². The molecule has 1 aliphatic heterocycles. The molecule has 1 aromatic rings. The normalized spacial score (nSPS) is 19.2. The average Bonchev–Trinajstić information content (AvgIpc) is 2.69. The van der Waals surface area contributed by atoms with E-state index in [2.05, 4.69) is 15.4 Å². The van der Waals surface area contributed by atoms with Crippen LogP contribution in [-0.4, -0.2) is 26.8 Å². The molecular formula is C10H12N4OS. The number of rotatable bonds is 1. The number of ketones is 1. The Hall–Kier alpha value is -1.30. The zero-order valence-corrected chi connectivity index (χ0v) is 9.80. The Balaban J connectivity index is 1.98. The van der Waals surface area contributed by atoms with Crippen LogP contribution in [0.1, 0.15) is 19.3 Å². The van der Waals surface area contributed by atoms with Gasteiger partial charge in [0, 0.05) is 17.7 Å². The van der Waals surface area contributed by atoms with Crippen LogP contribution in [0.3, 0.4) is 0 Å². The Morgan fingerprint density at radius 2 is 2.31 bits per heavy atom. The fourth-order valence-corrected chi connectivity index (χ4v) is 2.47. The largest absolute Gasteiger partial charge is 0.328 e. The summed E-state index contributed by atoms with van der Waals surface area (Å²) in [6, 6.07) is 0. The van der Waals surface area contributed by atoms with Crippen LogP contribution in [0.15, 0.2) is 16.4 Å². The van der Waals surface area contributed by atoms with Gasteiger partial charge in [0.2, 0.25) is 11.1 Å². The lowest BCUT2D eigenvalue weighted by molar-refractivity contribution is -0.116. The molecule has 1 aliphatic carbocycles. The first-order chi connectivity index (χ1) is 7.78. The Morgan fingerprint density at radius 3 is 3.12 bits per heavy atom. The van der Waals surface area contributed by atoms with E-state index < -0.39 is 0 Å². The van der Waals surface area contributed by atoms with E-state index in [-0.39, 0.29) is 5.78 Å². The van der Waals surface area contributed by atoms with Gasteiger partial charge in [-0.05, 0) is 19.1 Å². The van der Waals surface area contributed by atoms with Gasteiger partial charge in [-0.3, -0.25) is 4.79 Å². The molecule has 5 nitrogen and oxygen atoms in total. The molecule has 0 atom stereocenters. The Kier molecular flexibility index (Phi) is 2.24. The van der Waals surface area contributed by atoms with E-state index in [0.717, 1.165) is 35.2 Å². The van der Waals surface area contributed by atoms with Gasteiger partial charge in [0.1, 0.15) is 0 Å². The number of thioether (sulfide) groups is 1. The summed E-state index contributed by atoms with van der Waals surface area (Å²) in [4.78, 5) is 16.1. The van der Waals surface area contributed by atoms with Gasteiger partial charge in [-0.2, -0.15) is 4.98 Å². The topological polar surface area (TPSA) is 59.8 Å². The van der Waals surface area contributed by atoms with E-state index in [0.29, 0.717) is 13.0 Å². The highest BCUT2D eigenvalue weighted by atomic mass is 32.2. The summed E-state index contributed by atoms with van der Waals surface area (Å²) in [5.74, 6) is 1.01. The third-order valence-electron chi connectivity index (χ3n) is 2.94. The number of nitrogens with one attached hydrogen (secondary N) is 1. The van der Waals surface area contributed by atoms with Gasteiger partial charge in [0.25, 0.3) is 0 Å². The van der Waals surface area contributed by atoms with E-state index in [1.807, 2.05) is 6.26 Å². The smallest absolute Gasteiger partial charge is 0.226 e. The Labute approximate surface area is 97.3 Å². The van der Waals surface area contributed by atoms with Gasteiger partial charge in [0.15, 0.2) is 5.78 Å². The highest BCUT2D eigenvalue weighted by Gasteiger charge is 2.27. The molecule has 0 fully saturated rings. The third-order valence-corrected chi connectivity index (χ3v) is 3.48. The first-order valence-electron chi connectivity index (χ1n) is 5.29. The molecule has 0 spiro atoms. The van der Waals surface area contributed by atoms with Crippen LogP contribution in [0.2, 0.25) is 0 Å². The van der Waals surface area contributed by atoms with Crippen LogP contribution < -0.4 is 5.32 Å². The number of anilines is 1. The molecule has 3 rings (SSSR count). The summed E-state index contributed by atoms with van der Waals surface area (Å²) in [5.41, 5.74) is 1.93. The predicted molar refractivity (Wildman–Crippen MR) is 61.3 cm³/mol. The van der Waals surface area contributed by atoms with Crippen LogP contribution in [0.4, 0.5) is 5.95 Å². The predicted octanol–water partition coefficient (Wildman–Crippen LogP) is 1.43. The Bertz CT molecular complexity index is 491. The van der Waals surface area contributed by atoms with Crippen LogP contribution in [0, 0.1) is 0 Å². The van der Waals surface area contributed by atoms with E-state index in [4.69, 9.17) is 0 Å². The molecule has 1 aromatic heterocycles. The zero-order chi connectivity index (χ0) is 11.1. The summed E-state index contributed by atoms with van der Waals surface area (Å²) < 4.78 is 1.77. The molecule has 2 aliphatic rings. The van der Waals surface area contributed by atoms with Crippen molar-refractivity contribution in [3.05, 3.63) is 11.3 Å². The minimum absolute atomic E-state index is 0.251. The number of carbonyl (C=O) groups is 1. The summed E-state index contributed by atoms with van der Waals surface area (Å²) in [7, 11) is 0. The molecule has 84 valence electrons. The maximum Gasteiger partial charge on any atom is 0.226 e. The van der Waals surface area contributed by atoms with Crippen molar-refractivity contribution in [2.45, 2.75) is 31.0 Å². The molecular weight excluding hydrogens is 224 g/mol. The maximum absolute atomic E-state index is 11.8. The molecule has 0 unspecified atom stereocenters. The Morgan fingerprint density at radius 1 is 1.44 bits per heavy atom. The fraction of sp³-hybridized carbons (Fsp3) is 0.500. The van der Waals surface area contributed by atoms with Crippen molar-refractivity contribution in [1.82, 2.24) is 14.8 Å². The van der Waals surface area contributed by atoms with Crippen molar-refractivity contribution >= 4 is 23.5 Å². The van der Waals surface area contributed by atoms with Crippen LogP contribution in [0.25, 0.3) is 0 Å². The van der Waals surface area contributed by atoms with Gasteiger partial charge in [-0.15, -0.1) is 5.10 Å². The molecule has 1 N–H and O–H groups in total. The number of fused-ring (bicyclic) bond motifs is 1. The molecule has 0 saturated carbocycles. The van der Waals surface area contributed by atoms with Crippen molar-refractivity contribution in [3.8, 4) is 0 Å². The third kappa shape index (κ3) is 1.44. The first-order valence-corrected chi connectivity index (χ1v) is 6.51. The van der Waals surface area contributed by atoms with Crippen molar-refractivity contribution < 1.29 is 4.79 Å². The van der Waals surface area contributed by atoms with E-state index in [1.54, 1.807) is 4.68 Å². The highest BCUT2D eigenvalue weighted by molar-refractivity contribution is 7.98. The molecule has 16 heavy (non-hydrogen) atoms. The van der Waals surface area contributed by atoms with Gasteiger partial charge in [-0.25, -0.2) is 4.68 Å². The average molecular weight is 236 g/mol. The molecule has 2 heterocycles. The second-order valence-electron chi connectivity index (χ2n) is 3.94. The second kappa shape index (κ2) is 3.62. The molecule has 0 saturated heterocycles.